The molecule has 1 heterocycles. The van der Waals surface area contributed by atoms with Gasteiger partial charge < -0.3 is 9.84 Å². The highest BCUT2D eigenvalue weighted by Crippen LogP contribution is 2.39. The van der Waals surface area contributed by atoms with Gasteiger partial charge in [0.2, 0.25) is 0 Å². The van der Waals surface area contributed by atoms with Gasteiger partial charge >= 0.3 is 0 Å². The predicted molar refractivity (Wildman–Crippen MR) is 79.3 cm³/mol. The maximum absolute atomic E-state index is 10.3. The highest BCUT2D eigenvalue weighted by molar-refractivity contribution is 9.10. The lowest BCUT2D eigenvalue weighted by atomic mass is 9.83. The number of aliphatic hydroxyl groups is 1. The summed E-state index contributed by atoms with van der Waals surface area (Å²) < 4.78 is 7.11. The summed E-state index contributed by atoms with van der Waals surface area (Å²) in [7, 11) is 0. The molecule has 19 heavy (non-hydrogen) atoms. The molecule has 0 amide bonds. The minimum atomic E-state index is -0.370. The van der Waals surface area contributed by atoms with E-state index in [4.69, 9.17) is 4.74 Å². The highest BCUT2D eigenvalue weighted by Gasteiger charge is 2.29. The average Bonchev–Trinajstić information content (AvgIpc) is 2.39. The lowest BCUT2D eigenvalue weighted by molar-refractivity contribution is 0.0494. The normalized spacial score (nSPS) is 27.7. The van der Waals surface area contributed by atoms with Crippen LogP contribution >= 0.6 is 15.9 Å². The van der Waals surface area contributed by atoms with Crippen molar-refractivity contribution in [1.29, 1.82) is 0 Å². The molecule has 0 aromatic heterocycles. The van der Waals surface area contributed by atoms with Crippen molar-refractivity contribution in [3.63, 3.8) is 0 Å². The van der Waals surface area contributed by atoms with Crippen molar-refractivity contribution in [3.8, 4) is 5.75 Å². The molecule has 1 saturated carbocycles. The number of rotatable bonds is 2. The first-order valence-corrected chi connectivity index (χ1v) is 8.16. The fraction of sp³-hybridized carbons (Fsp3) is 0.625. The molecule has 2 nitrogen and oxygen atoms in total. The van der Waals surface area contributed by atoms with Crippen LogP contribution in [0.1, 0.15) is 56.6 Å². The maximum atomic E-state index is 10.3. The number of benzene rings is 1. The first-order valence-electron chi connectivity index (χ1n) is 7.36. The van der Waals surface area contributed by atoms with Crippen LogP contribution in [-0.2, 0) is 0 Å². The summed E-state index contributed by atoms with van der Waals surface area (Å²) in [5, 5.41) is 10.3. The van der Waals surface area contributed by atoms with E-state index >= 15 is 0 Å². The van der Waals surface area contributed by atoms with E-state index in [2.05, 4.69) is 15.9 Å². The van der Waals surface area contributed by atoms with Crippen molar-refractivity contribution in [2.45, 2.75) is 57.2 Å². The van der Waals surface area contributed by atoms with Gasteiger partial charge in [-0.15, -0.1) is 0 Å². The molecule has 0 bridgehead atoms. The summed E-state index contributed by atoms with van der Waals surface area (Å²) in [6.07, 6.45) is 8.44. The number of hydrogen-bond acceptors (Lipinski definition) is 2. The van der Waals surface area contributed by atoms with Crippen LogP contribution in [0.15, 0.2) is 22.7 Å². The van der Waals surface area contributed by atoms with E-state index in [0.717, 1.165) is 34.5 Å². The molecular formula is C16H21BrO2. The van der Waals surface area contributed by atoms with Crippen molar-refractivity contribution >= 4 is 15.9 Å². The largest absolute Gasteiger partial charge is 0.490 e. The Morgan fingerprint density at radius 3 is 2.79 bits per heavy atom. The van der Waals surface area contributed by atoms with Crippen LogP contribution in [0.3, 0.4) is 0 Å². The third kappa shape index (κ3) is 3.14. The second kappa shape index (κ2) is 5.84. The Morgan fingerprint density at radius 2 is 2.00 bits per heavy atom. The standard InChI is InChI=1S/C16H21BrO2/c17-12-6-7-14-15(18)10-13(19-16(14)9-12)8-11-4-2-1-3-5-11/h6-7,9,11,13,15,18H,1-5,8,10H2/t13?,15-/m0/s1. The maximum Gasteiger partial charge on any atom is 0.126 e. The molecule has 0 radical (unpaired) electrons. The van der Waals surface area contributed by atoms with Crippen LogP contribution in [0.2, 0.25) is 0 Å². The molecule has 2 atom stereocenters. The summed E-state index contributed by atoms with van der Waals surface area (Å²) >= 11 is 3.47. The highest BCUT2D eigenvalue weighted by atomic mass is 79.9. The van der Waals surface area contributed by atoms with E-state index < -0.39 is 0 Å². The lowest BCUT2D eigenvalue weighted by Crippen LogP contribution is -2.28. The van der Waals surface area contributed by atoms with Gasteiger partial charge in [-0.2, -0.15) is 0 Å². The van der Waals surface area contributed by atoms with Gasteiger partial charge in [-0.25, -0.2) is 0 Å². The zero-order chi connectivity index (χ0) is 13.2. The SMILES string of the molecule is O[C@H]1CC(CC2CCCCC2)Oc2cc(Br)ccc21. The number of aliphatic hydroxyl groups excluding tert-OH is 1. The van der Waals surface area contributed by atoms with Crippen molar-refractivity contribution in [2.75, 3.05) is 0 Å². The Bertz CT molecular complexity index is 440. The van der Waals surface area contributed by atoms with Gasteiger partial charge in [-0.3, -0.25) is 0 Å². The lowest BCUT2D eigenvalue weighted by Gasteiger charge is -2.33. The molecule has 3 heteroatoms. The van der Waals surface area contributed by atoms with E-state index in [1.165, 1.54) is 32.1 Å². The van der Waals surface area contributed by atoms with Crippen LogP contribution in [0, 0.1) is 5.92 Å². The van der Waals surface area contributed by atoms with Crippen molar-refractivity contribution in [2.24, 2.45) is 5.92 Å². The van der Waals surface area contributed by atoms with Gasteiger partial charge in [-0.1, -0.05) is 54.1 Å². The first-order chi connectivity index (χ1) is 9.22. The van der Waals surface area contributed by atoms with E-state index in [1.54, 1.807) is 0 Å². The molecule has 1 aromatic carbocycles. The smallest absolute Gasteiger partial charge is 0.126 e. The molecule has 1 aromatic rings. The minimum absolute atomic E-state index is 0.180. The minimum Gasteiger partial charge on any atom is -0.490 e. The topological polar surface area (TPSA) is 29.5 Å². The summed E-state index contributed by atoms with van der Waals surface area (Å²) in [4.78, 5) is 0. The summed E-state index contributed by atoms with van der Waals surface area (Å²) in [5.41, 5.74) is 0.933. The van der Waals surface area contributed by atoms with Gasteiger partial charge in [-0.05, 0) is 24.5 Å². The number of hydrogen-bond donors (Lipinski definition) is 1. The summed E-state index contributed by atoms with van der Waals surface area (Å²) in [6.45, 7) is 0. The number of ether oxygens (including phenoxy) is 1. The van der Waals surface area contributed by atoms with Gasteiger partial charge in [0, 0.05) is 16.5 Å². The summed E-state index contributed by atoms with van der Waals surface area (Å²) in [6, 6.07) is 5.90. The second-order valence-corrected chi connectivity index (χ2v) is 6.83. The van der Waals surface area contributed by atoms with Crippen LogP contribution < -0.4 is 4.74 Å². The Labute approximate surface area is 123 Å². The van der Waals surface area contributed by atoms with Gasteiger partial charge in [0.1, 0.15) is 11.9 Å². The van der Waals surface area contributed by atoms with Gasteiger partial charge in [0.15, 0.2) is 0 Å². The van der Waals surface area contributed by atoms with Crippen LogP contribution in [-0.4, -0.2) is 11.2 Å². The zero-order valence-electron chi connectivity index (χ0n) is 11.1. The Hall–Kier alpha value is -0.540. The molecule has 1 unspecified atom stereocenters. The number of fused-ring (bicyclic) bond motifs is 1. The Balaban J connectivity index is 1.69. The van der Waals surface area contributed by atoms with E-state index in [9.17, 15) is 5.11 Å². The molecule has 1 aliphatic carbocycles. The van der Waals surface area contributed by atoms with E-state index in [-0.39, 0.29) is 12.2 Å². The van der Waals surface area contributed by atoms with E-state index in [0.29, 0.717) is 0 Å². The average molecular weight is 325 g/mol. The molecule has 0 spiro atoms. The predicted octanol–water partition coefficient (Wildman–Crippen LogP) is 4.60. The van der Waals surface area contributed by atoms with Crippen molar-refractivity contribution in [3.05, 3.63) is 28.2 Å². The summed E-state index contributed by atoms with van der Waals surface area (Å²) in [5.74, 6) is 1.65. The van der Waals surface area contributed by atoms with Gasteiger partial charge in [0.05, 0.1) is 6.10 Å². The van der Waals surface area contributed by atoms with Gasteiger partial charge in [0.25, 0.3) is 0 Å². The Kier molecular flexibility index (Phi) is 4.13. The monoisotopic (exact) mass is 324 g/mol. The molecule has 1 N–H and O–H groups in total. The van der Waals surface area contributed by atoms with E-state index in [1.807, 2.05) is 18.2 Å². The van der Waals surface area contributed by atoms with Crippen molar-refractivity contribution in [1.82, 2.24) is 0 Å². The second-order valence-electron chi connectivity index (χ2n) is 5.91. The molecule has 1 aliphatic heterocycles. The van der Waals surface area contributed by atoms with Crippen molar-refractivity contribution < 1.29 is 9.84 Å². The quantitative estimate of drug-likeness (QED) is 0.861. The third-order valence-electron chi connectivity index (χ3n) is 4.44. The molecule has 1 fully saturated rings. The molecule has 104 valence electrons. The molecule has 3 rings (SSSR count). The molecule has 2 aliphatic rings. The van der Waals surface area contributed by atoms with Crippen LogP contribution in [0.4, 0.5) is 0 Å². The fourth-order valence-corrected chi connectivity index (χ4v) is 3.77. The third-order valence-corrected chi connectivity index (χ3v) is 4.93. The molecular weight excluding hydrogens is 304 g/mol. The first kappa shape index (κ1) is 13.4. The number of halogens is 1. The Morgan fingerprint density at radius 1 is 1.21 bits per heavy atom. The fourth-order valence-electron chi connectivity index (χ4n) is 3.43. The van der Waals surface area contributed by atoms with Crippen LogP contribution in [0.25, 0.3) is 0 Å². The molecule has 0 saturated heterocycles. The van der Waals surface area contributed by atoms with Crippen LogP contribution in [0.5, 0.6) is 5.75 Å². The zero-order valence-corrected chi connectivity index (χ0v) is 12.7.